The zero-order valence-electron chi connectivity index (χ0n) is 13.1. The van der Waals surface area contributed by atoms with E-state index in [1.54, 1.807) is 24.3 Å². The summed E-state index contributed by atoms with van der Waals surface area (Å²) in [6.07, 6.45) is 1.42. The predicted octanol–water partition coefficient (Wildman–Crippen LogP) is 2.83. The molecule has 130 valence electrons. The first-order valence-corrected chi connectivity index (χ1v) is 7.63. The average molecular weight is 381 g/mol. The normalized spacial score (nSPS) is 10.5. The smallest absolute Gasteiger partial charge is 0.345 e. The number of guanidine groups is 1. The number of nitrogens with zero attached hydrogens (tertiary/aromatic N) is 2. The molecule has 25 heavy (non-hydrogen) atoms. The number of rotatable bonds is 5. The van der Waals surface area contributed by atoms with E-state index in [9.17, 15) is 4.79 Å². The number of hydrogen-bond acceptors (Lipinski definition) is 5. The van der Waals surface area contributed by atoms with Crippen LogP contribution in [0, 0.1) is 0 Å². The van der Waals surface area contributed by atoms with E-state index >= 15 is 0 Å². The SMILES string of the molecule is COc1cc(C=NN=C(N)N)ccc1OC(=O)c1ccc(Cl)cc1Cl. The van der Waals surface area contributed by atoms with E-state index in [1.165, 1.54) is 25.5 Å². The van der Waals surface area contributed by atoms with E-state index in [0.29, 0.717) is 16.3 Å². The number of nitrogens with two attached hydrogens (primary N) is 2. The molecule has 0 amide bonds. The van der Waals surface area contributed by atoms with E-state index in [0.717, 1.165) is 0 Å². The van der Waals surface area contributed by atoms with Gasteiger partial charge in [-0.15, -0.1) is 5.10 Å². The van der Waals surface area contributed by atoms with Crippen LogP contribution in [-0.2, 0) is 0 Å². The van der Waals surface area contributed by atoms with Crippen molar-refractivity contribution in [2.75, 3.05) is 7.11 Å². The second kappa shape index (κ2) is 8.36. The van der Waals surface area contributed by atoms with Gasteiger partial charge in [0.25, 0.3) is 0 Å². The fourth-order valence-electron chi connectivity index (χ4n) is 1.82. The van der Waals surface area contributed by atoms with Gasteiger partial charge in [0.15, 0.2) is 11.5 Å². The number of ether oxygens (including phenoxy) is 2. The summed E-state index contributed by atoms with van der Waals surface area (Å²) in [5.41, 5.74) is 11.2. The van der Waals surface area contributed by atoms with Crippen molar-refractivity contribution in [3.05, 3.63) is 57.6 Å². The van der Waals surface area contributed by atoms with E-state index < -0.39 is 5.97 Å². The van der Waals surface area contributed by atoms with Gasteiger partial charge in [0.05, 0.1) is 23.9 Å². The minimum Gasteiger partial charge on any atom is -0.493 e. The fraction of sp³-hybridized carbons (Fsp3) is 0.0625. The highest BCUT2D eigenvalue weighted by Gasteiger charge is 2.16. The van der Waals surface area contributed by atoms with Crippen LogP contribution in [0.3, 0.4) is 0 Å². The second-order valence-corrected chi connectivity index (χ2v) is 5.54. The Morgan fingerprint density at radius 2 is 1.88 bits per heavy atom. The van der Waals surface area contributed by atoms with Crippen LogP contribution in [0.15, 0.2) is 46.6 Å². The molecule has 2 rings (SSSR count). The minimum absolute atomic E-state index is 0.159. The molecule has 0 aliphatic rings. The van der Waals surface area contributed by atoms with Gasteiger partial charge in [-0.05, 0) is 42.0 Å². The first kappa shape index (κ1) is 18.6. The third-order valence-corrected chi connectivity index (χ3v) is 3.47. The molecule has 0 radical (unpaired) electrons. The Labute approximate surface area is 153 Å². The molecule has 0 saturated heterocycles. The van der Waals surface area contributed by atoms with Crippen LogP contribution in [0.25, 0.3) is 0 Å². The van der Waals surface area contributed by atoms with Gasteiger partial charge >= 0.3 is 5.97 Å². The van der Waals surface area contributed by atoms with Gasteiger partial charge in [-0.25, -0.2) is 4.79 Å². The molecule has 2 aromatic rings. The lowest BCUT2D eigenvalue weighted by atomic mass is 10.2. The van der Waals surface area contributed by atoms with Crippen LogP contribution >= 0.6 is 23.2 Å². The maximum absolute atomic E-state index is 12.3. The molecule has 4 N–H and O–H groups in total. The predicted molar refractivity (Wildman–Crippen MR) is 97.8 cm³/mol. The summed E-state index contributed by atoms with van der Waals surface area (Å²) >= 11 is 11.8. The third kappa shape index (κ3) is 5.10. The lowest BCUT2D eigenvalue weighted by Gasteiger charge is -2.10. The van der Waals surface area contributed by atoms with E-state index in [-0.39, 0.29) is 22.3 Å². The van der Waals surface area contributed by atoms with Crippen molar-refractivity contribution in [1.82, 2.24) is 0 Å². The minimum atomic E-state index is -0.637. The van der Waals surface area contributed by atoms with Gasteiger partial charge in [-0.2, -0.15) is 5.10 Å². The van der Waals surface area contributed by atoms with Gasteiger partial charge < -0.3 is 20.9 Å². The molecule has 0 saturated carbocycles. The topological polar surface area (TPSA) is 112 Å². The molecule has 0 bridgehead atoms. The second-order valence-electron chi connectivity index (χ2n) is 4.69. The van der Waals surface area contributed by atoms with E-state index in [4.69, 9.17) is 44.1 Å². The quantitative estimate of drug-likeness (QED) is 0.272. The largest absolute Gasteiger partial charge is 0.493 e. The Hall–Kier alpha value is -2.77. The van der Waals surface area contributed by atoms with Crippen molar-refractivity contribution in [2.45, 2.75) is 0 Å². The first-order chi connectivity index (χ1) is 11.9. The highest BCUT2D eigenvalue weighted by atomic mass is 35.5. The molecule has 0 heterocycles. The zero-order chi connectivity index (χ0) is 18.4. The molecular weight excluding hydrogens is 367 g/mol. The number of benzene rings is 2. The highest BCUT2D eigenvalue weighted by molar-refractivity contribution is 6.36. The fourth-order valence-corrected chi connectivity index (χ4v) is 2.31. The van der Waals surface area contributed by atoms with Crippen LogP contribution in [0.2, 0.25) is 10.0 Å². The summed E-state index contributed by atoms with van der Waals surface area (Å²) in [6, 6.07) is 9.30. The summed E-state index contributed by atoms with van der Waals surface area (Å²) in [7, 11) is 1.44. The molecule has 0 atom stereocenters. The molecule has 2 aromatic carbocycles. The molecule has 0 fully saturated rings. The molecular formula is C16H14Cl2N4O3. The van der Waals surface area contributed by atoms with Crippen molar-refractivity contribution in [3.63, 3.8) is 0 Å². The third-order valence-electron chi connectivity index (χ3n) is 2.92. The molecule has 0 aromatic heterocycles. The van der Waals surface area contributed by atoms with Gasteiger partial charge in [0.2, 0.25) is 5.96 Å². The molecule has 9 heteroatoms. The molecule has 0 unspecified atom stereocenters. The molecule has 0 aliphatic carbocycles. The highest BCUT2D eigenvalue weighted by Crippen LogP contribution is 2.29. The monoisotopic (exact) mass is 380 g/mol. The average Bonchev–Trinajstić information content (AvgIpc) is 2.55. The maximum Gasteiger partial charge on any atom is 0.345 e. The van der Waals surface area contributed by atoms with Gasteiger partial charge in [0, 0.05) is 5.02 Å². The molecule has 0 aliphatic heterocycles. The number of carbonyl (C=O) groups excluding carboxylic acids is 1. The number of halogens is 2. The van der Waals surface area contributed by atoms with Gasteiger partial charge in [-0.1, -0.05) is 23.2 Å². The summed E-state index contributed by atoms with van der Waals surface area (Å²) in [4.78, 5) is 12.3. The lowest BCUT2D eigenvalue weighted by Crippen LogP contribution is -2.21. The Kier molecular flexibility index (Phi) is 6.21. The summed E-state index contributed by atoms with van der Waals surface area (Å²) < 4.78 is 10.6. The van der Waals surface area contributed by atoms with Crippen LogP contribution in [0.5, 0.6) is 11.5 Å². The Balaban J connectivity index is 2.23. The first-order valence-electron chi connectivity index (χ1n) is 6.88. The lowest BCUT2D eigenvalue weighted by molar-refractivity contribution is 0.0730. The summed E-state index contributed by atoms with van der Waals surface area (Å²) in [5, 5.41) is 7.80. The number of esters is 1. The number of hydrogen-bond donors (Lipinski definition) is 2. The zero-order valence-corrected chi connectivity index (χ0v) is 14.6. The van der Waals surface area contributed by atoms with E-state index in [2.05, 4.69) is 10.2 Å². The van der Waals surface area contributed by atoms with Crippen LogP contribution < -0.4 is 20.9 Å². The standard InChI is InChI=1S/C16H14Cl2N4O3/c1-24-14-6-9(8-21-22-16(19)20)2-5-13(14)25-15(23)11-4-3-10(17)7-12(11)18/h2-8H,1H3,(H4,19,20,22). The van der Waals surface area contributed by atoms with Crippen LogP contribution in [0.1, 0.15) is 15.9 Å². The van der Waals surface area contributed by atoms with Crippen molar-refractivity contribution >= 4 is 41.3 Å². The molecule has 7 nitrogen and oxygen atoms in total. The van der Waals surface area contributed by atoms with Crippen LogP contribution in [0.4, 0.5) is 0 Å². The Bertz CT molecular complexity index is 849. The van der Waals surface area contributed by atoms with Crippen LogP contribution in [-0.4, -0.2) is 25.3 Å². The maximum atomic E-state index is 12.3. The van der Waals surface area contributed by atoms with Crippen molar-refractivity contribution in [3.8, 4) is 11.5 Å². The van der Waals surface area contributed by atoms with Crippen molar-refractivity contribution in [1.29, 1.82) is 0 Å². The van der Waals surface area contributed by atoms with Crippen molar-refractivity contribution in [2.24, 2.45) is 21.7 Å². The summed E-state index contributed by atoms with van der Waals surface area (Å²) in [5.74, 6) is -0.250. The van der Waals surface area contributed by atoms with E-state index in [1.807, 2.05) is 0 Å². The van der Waals surface area contributed by atoms with Gasteiger partial charge in [-0.3, -0.25) is 0 Å². The Morgan fingerprint density at radius 3 is 2.52 bits per heavy atom. The van der Waals surface area contributed by atoms with Crippen molar-refractivity contribution < 1.29 is 14.3 Å². The number of methoxy groups -OCH3 is 1. The Morgan fingerprint density at radius 1 is 1.12 bits per heavy atom. The van der Waals surface area contributed by atoms with Gasteiger partial charge in [0.1, 0.15) is 0 Å². The number of carbonyl (C=O) groups is 1. The summed E-state index contributed by atoms with van der Waals surface area (Å²) in [6.45, 7) is 0. The molecule has 0 spiro atoms.